The van der Waals surface area contributed by atoms with Crippen LogP contribution in [0.25, 0.3) is 0 Å². The zero-order valence-electron chi connectivity index (χ0n) is 24.5. The molecule has 0 bridgehead atoms. The van der Waals surface area contributed by atoms with Crippen LogP contribution in [0.3, 0.4) is 0 Å². The maximum Gasteiger partial charge on any atom is 0.246 e. The predicted octanol–water partition coefficient (Wildman–Crippen LogP) is 5.32. The molecule has 3 aliphatic rings. The van der Waals surface area contributed by atoms with Crippen LogP contribution in [-0.4, -0.2) is 63.5 Å². The Morgan fingerprint density at radius 1 is 0.976 bits per heavy atom. The lowest BCUT2D eigenvalue weighted by Gasteiger charge is -2.52. The third kappa shape index (κ3) is 7.08. The zero-order chi connectivity index (χ0) is 28.9. The van der Waals surface area contributed by atoms with Crippen molar-refractivity contribution in [2.24, 2.45) is 0 Å². The first-order valence-corrected chi connectivity index (χ1v) is 15.2. The van der Waals surface area contributed by atoms with E-state index in [2.05, 4.69) is 23.2 Å². The van der Waals surface area contributed by atoms with E-state index < -0.39 is 17.2 Å². The SMILES string of the molecule is CCCCN1C(=O)[C@@H](CC2(O)CCCCC2)NC(=O)C12CCN(Cc1ccc(Oc3ccc(C#N)cc3)cc1)CC2.Cl. The lowest BCUT2D eigenvalue weighted by atomic mass is 9.77. The number of hydrogen-bond acceptors (Lipinski definition) is 6. The van der Waals surface area contributed by atoms with E-state index >= 15 is 0 Å². The Hall–Kier alpha value is -3.12. The number of nitriles is 1. The van der Waals surface area contributed by atoms with E-state index in [0.717, 1.165) is 63.1 Å². The number of benzene rings is 2. The average molecular weight is 595 g/mol. The smallest absolute Gasteiger partial charge is 0.246 e. The molecule has 1 atom stereocenters. The third-order valence-corrected chi connectivity index (χ3v) is 9.14. The first-order valence-electron chi connectivity index (χ1n) is 15.2. The third-order valence-electron chi connectivity index (χ3n) is 9.14. The van der Waals surface area contributed by atoms with Crippen LogP contribution >= 0.6 is 12.4 Å². The molecule has 2 N–H and O–H groups in total. The van der Waals surface area contributed by atoms with E-state index in [1.54, 1.807) is 24.3 Å². The number of nitrogens with one attached hydrogen (secondary N) is 1. The molecule has 2 heterocycles. The Morgan fingerprint density at radius 2 is 1.60 bits per heavy atom. The second-order valence-corrected chi connectivity index (χ2v) is 12.0. The van der Waals surface area contributed by atoms with Crippen molar-refractivity contribution in [1.29, 1.82) is 5.26 Å². The summed E-state index contributed by atoms with van der Waals surface area (Å²) in [5.74, 6) is 1.33. The number of aliphatic hydroxyl groups is 1. The highest BCUT2D eigenvalue weighted by molar-refractivity contribution is 6.00. The summed E-state index contributed by atoms with van der Waals surface area (Å²) in [6.07, 6.45) is 7.78. The lowest BCUT2D eigenvalue weighted by Crippen LogP contribution is -2.73. The molecule has 1 spiro atoms. The van der Waals surface area contributed by atoms with Crippen LogP contribution in [0.15, 0.2) is 48.5 Å². The molecular weight excluding hydrogens is 552 g/mol. The number of halogens is 1. The molecule has 2 aromatic carbocycles. The molecule has 9 heteroatoms. The van der Waals surface area contributed by atoms with Gasteiger partial charge in [-0.2, -0.15) is 5.26 Å². The first-order chi connectivity index (χ1) is 19.8. The van der Waals surface area contributed by atoms with Gasteiger partial charge in [0.15, 0.2) is 0 Å². The first kappa shape index (κ1) is 31.8. The number of hydrogen-bond donors (Lipinski definition) is 2. The topological polar surface area (TPSA) is 106 Å². The highest BCUT2D eigenvalue weighted by Gasteiger charge is 2.54. The molecule has 2 amide bonds. The van der Waals surface area contributed by atoms with Crippen LogP contribution in [0.5, 0.6) is 11.5 Å². The molecule has 1 saturated carbocycles. The van der Waals surface area contributed by atoms with Crippen LogP contribution in [0.1, 0.15) is 82.3 Å². The van der Waals surface area contributed by atoms with Crippen molar-refractivity contribution in [2.45, 2.75) is 94.9 Å². The van der Waals surface area contributed by atoms with Crippen LogP contribution in [0.4, 0.5) is 0 Å². The van der Waals surface area contributed by atoms with Crippen molar-refractivity contribution in [2.75, 3.05) is 19.6 Å². The Labute approximate surface area is 255 Å². The molecule has 0 aromatic heterocycles. The van der Waals surface area contributed by atoms with E-state index in [9.17, 15) is 14.7 Å². The van der Waals surface area contributed by atoms with E-state index in [-0.39, 0.29) is 24.2 Å². The molecule has 8 nitrogen and oxygen atoms in total. The van der Waals surface area contributed by atoms with Gasteiger partial charge < -0.3 is 20.1 Å². The van der Waals surface area contributed by atoms with Gasteiger partial charge in [-0.3, -0.25) is 14.5 Å². The summed E-state index contributed by atoms with van der Waals surface area (Å²) in [6.45, 7) is 4.89. The highest BCUT2D eigenvalue weighted by Crippen LogP contribution is 2.37. The van der Waals surface area contributed by atoms with E-state index in [0.29, 0.717) is 50.0 Å². The molecule has 226 valence electrons. The fraction of sp³-hybridized carbons (Fsp3) is 0.545. The molecule has 3 fully saturated rings. The van der Waals surface area contributed by atoms with Crippen LogP contribution in [-0.2, 0) is 16.1 Å². The summed E-state index contributed by atoms with van der Waals surface area (Å²) in [5, 5.41) is 23.2. The molecule has 0 radical (unpaired) electrons. The van der Waals surface area contributed by atoms with Crippen molar-refractivity contribution in [3.05, 3.63) is 59.7 Å². The molecule has 42 heavy (non-hydrogen) atoms. The van der Waals surface area contributed by atoms with Crippen molar-refractivity contribution >= 4 is 24.2 Å². The number of unbranched alkanes of at least 4 members (excludes halogenated alkanes) is 1. The van der Waals surface area contributed by atoms with Crippen LogP contribution in [0, 0.1) is 11.3 Å². The fourth-order valence-corrected chi connectivity index (χ4v) is 6.68. The summed E-state index contributed by atoms with van der Waals surface area (Å²) in [7, 11) is 0. The molecule has 1 aliphatic carbocycles. The van der Waals surface area contributed by atoms with Crippen molar-refractivity contribution < 1.29 is 19.4 Å². The van der Waals surface area contributed by atoms with Gasteiger partial charge in [0, 0.05) is 32.6 Å². The number of piperidine rings is 1. The Balaban J connectivity index is 0.00000405. The minimum atomic E-state index is -0.862. The quantitative estimate of drug-likeness (QED) is 0.407. The van der Waals surface area contributed by atoms with Gasteiger partial charge >= 0.3 is 0 Å². The summed E-state index contributed by atoms with van der Waals surface area (Å²) >= 11 is 0. The molecule has 2 saturated heterocycles. The summed E-state index contributed by atoms with van der Waals surface area (Å²) in [6, 6.07) is 16.5. The standard InChI is InChI=1S/C33H42N4O4.ClH/c1-2-3-19-37-30(38)29(22-32(40)15-5-4-6-16-32)35-31(39)33(37)17-20-36(21-18-33)24-26-9-13-28(14-10-26)41-27-11-7-25(23-34)8-12-27;/h7-14,29,40H,2-6,15-22,24H2,1H3,(H,35,39);1H/t29-;/m1./s1. The Morgan fingerprint density at radius 3 is 2.19 bits per heavy atom. The number of ether oxygens (including phenoxy) is 1. The summed E-state index contributed by atoms with van der Waals surface area (Å²) in [5.41, 5.74) is 0.0738. The molecule has 0 unspecified atom stereocenters. The van der Waals surface area contributed by atoms with Gasteiger partial charge in [-0.05, 0) is 74.1 Å². The second-order valence-electron chi connectivity index (χ2n) is 12.0. The Bertz CT molecular complexity index is 1250. The van der Waals surface area contributed by atoms with Crippen LogP contribution in [0.2, 0.25) is 0 Å². The van der Waals surface area contributed by atoms with E-state index in [4.69, 9.17) is 10.00 Å². The minimum Gasteiger partial charge on any atom is -0.457 e. The zero-order valence-corrected chi connectivity index (χ0v) is 25.3. The predicted molar refractivity (Wildman–Crippen MR) is 163 cm³/mol. The number of nitrogens with zero attached hydrogens (tertiary/aromatic N) is 3. The minimum absolute atomic E-state index is 0. The lowest BCUT2D eigenvalue weighted by molar-refractivity contribution is -0.163. The van der Waals surface area contributed by atoms with Crippen LogP contribution < -0.4 is 10.1 Å². The molecule has 5 rings (SSSR count). The maximum absolute atomic E-state index is 13.8. The monoisotopic (exact) mass is 594 g/mol. The number of likely N-dealkylation sites (tertiary alicyclic amines) is 1. The van der Waals surface area contributed by atoms with Gasteiger partial charge in [0.1, 0.15) is 23.1 Å². The van der Waals surface area contributed by atoms with Gasteiger partial charge in [-0.25, -0.2) is 0 Å². The average Bonchev–Trinajstić information content (AvgIpc) is 2.98. The summed E-state index contributed by atoms with van der Waals surface area (Å²) in [4.78, 5) is 31.7. The van der Waals surface area contributed by atoms with Gasteiger partial charge in [0.2, 0.25) is 11.8 Å². The molecule has 2 aromatic rings. The molecular formula is C33H43ClN4O4. The van der Waals surface area contributed by atoms with Gasteiger partial charge in [0.25, 0.3) is 0 Å². The number of amides is 2. The van der Waals surface area contributed by atoms with Gasteiger partial charge in [0.05, 0.1) is 17.2 Å². The number of carbonyl (C=O) groups is 2. The number of carbonyl (C=O) groups excluding carboxylic acids is 2. The normalized spacial score (nSPS) is 21.7. The highest BCUT2D eigenvalue weighted by atomic mass is 35.5. The largest absolute Gasteiger partial charge is 0.457 e. The second kappa shape index (κ2) is 13.9. The summed E-state index contributed by atoms with van der Waals surface area (Å²) < 4.78 is 5.91. The van der Waals surface area contributed by atoms with E-state index in [1.165, 1.54) is 0 Å². The maximum atomic E-state index is 13.8. The molecule has 2 aliphatic heterocycles. The fourth-order valence-electron chi connectivity index (χ4n) is 6.68. The van der Waals surface area contributed by atoms with Crippen molar-refractivity contribution in [3.63, 3.8) is 0 Å². The number of rotatable bonds is 9. The van der Waals surface area contributed by atoms with Crippen molar-refractivity contribution in [3.8, 4) is 17.6 Å². The van der Waals surface area contributed by atoms with Gasteiger partial charge in [-0.1, -0.05) is 44.7 Å². The van der Waals surface area contributed by atoms with Crippen molar-refractivity contribution in [1.82, 2.24) is 15.1 Å². The van der Waals surface area contributed by atoms with E-state index in [1.807, 2.05) is 29.2 Å². The van der Waals surface area contributed by atoms with Gasteiger partial charge in [-0.15, -0.1) is 12.4 Å². The Kier molecular flexibility index (Phi) is 10.5. The number of piperazine rings is 1.